The lowest BCUT2D eigenvalue weighted by atomic mass is 9.68. The van der Waals surface area contributed by atoms with Crippen molar-refractivity contribution in [1.82, 2.24) is 5.32 Å². The number of carbonyl (C=O) groups excluding carboxylic acids is 2. The van der Waals surface area contributed by atoms with Crippen molar-refractivity contribution in [2.24, 2.45) is 22.5 Å². The second-order valence-electron chi connectivity index (χ2n) is 5.53. The van der Waals surface area contributed by atoms with Crippen molar-refractivity contribution >= 4 is 11.7 Å². The number of rotatable bonds is 3. The SMILES string of the molecule is CC1(C)[C@@H]2CC[C@@]1(C(=O)NCCN)C(=O)C2. The second-order valence-corrected chi connectivity index (χ2v) is 5.53. The number of Topliss-reactive ketones (excluding diaryl/α,β-unsaturated/α-hetero) is 1. The minimum Gasteiger partial charge on any atom is -0.354 e. The molecule has 3 N–H and O–H groups in total. The summed E-state index contributed by atoms with van der Waals surface area (Å²) in [7, 11) is 0. The maximum atomic E-state index is 12.2. The number of carbonyl (C=O) groups is 2. The van der Waals surface area contributed by atoms with Crippen LogP contribution in [0.5, 0.6) is 0 Å². The smallest absolute Gasteiger partial charge is 0.234 e. The van der Waals surface area contributed by atoms with Gasteiger partial charge in [-0.25, -0.2) is 0 Å². The van der Waals surface area contributed by atoms with Gasteiger partial charge in [-0.1, -0.05) is 13.8 Å². The zero-order chi connectivity index (χ0) is 12.0. The van der Waals surface area contributed by atoms with Crippen LogP contribution in [-0.2, 0) is 9.59 Å². The molecule has 1 amide bonds. The Morgan fingerprint density at radius 3 is 2.69 bits per heavy atom. The van der Waals surface area contributed by atoms with Gasteiger partial charge in [0, 0.05) is 19.5 Å². The molecule has 4 nitrogen and oxygen atoms in total. The van der Waals surface area contributed by atoms with Gasteiger partial charge >= 0.3 is 0 Å². The first-order valence-electron chi connectivity index (χ1n) is 5.98. The molecular formula is C12H20N2O2. The van der Waals surface area contributed by atoms with Crippen LogP contribution in [0.3, 0.4) is 0 Å². The van der Waals surface area contributed by atoms with E-state index in [4.69, 9.17) is 5.73 Å². The number of nitrogens with one attached hydrogen (secondary N) is 1. The van der Waals surface area contributed by atoms with Gasteiger partial charge in [0.15, 0.2) is 0 Å². The number of ketones is 1. The Morgan fingerprint density at radius 2 is 2.25 bits per heavy atom. The fourth-order valence-corrected chi connectivity index (χ4v) is 3.55. The molecule has 0 aromatic heterocycles. The molecule has 0 saturated heterocycles. The molecule has 2 rings (SSSR count). The number of hydrogen-bond acceptors (Lipinski definition) is 3. The number of nitrogens with two attached hydrogens (primary N) is 1. The standard InChI is InChI=1S/C12H20N2O2/c1-11(2)8-3-4-12(11,9(15)7-8)10(16)14-6-5-13/h8H,3-7,13H2,1-2H3,(H,14,16)/t8-,12+/m1/s1. The van der Waals surface area contributed by atoms with E-state index in [1.165, 1.54) is 0 Å². The normalized spacial score (nSPS) is 35.4. The first-order valence-corrected chi connectivity index (χ1v) is 5.98. The third-order valence-electron chi connectivity index (χ3n) is 4.71. The van der Waals surface area contributed by atoms with Crippen molar-refractivity contribution in [3.63, 3.8) is 0 Å². The average Bonchev–Trinajstić information content (AvgIpc) is 2.59. The summed E-state index contributed by atoms with van der Waals surface area (Å²) in [6, 6.07) is 0. The fourth-order valence-electron chi connectivity index (χ4n) is 3.55. The molecule has 0 heterocycles. The highest BCUT2D eigenvalue weighted by molar-refractivity contribution is 6.09. The minimum atomic E-state index is -0.771. The summed E-state index contributed by atoms with van der Waals surface area (Å²) in [5.41, 5.74) is 4.41. The monoisotopic (exact) mass is 224 g/mol. The Balaban J connectivity index is 2.28. The molecule has 2 saturated carbocycles. The molecule has 4 heteroatoms. The van der Waals surface area contributed by atoms with Crippen LogP contribution in [-0.4, -0.2) is 24.8 Å². The third kappa shape index (κ3) is 1.19. The van der Waals surface area contributed by atoms with E-state index in [0.717, 1.165) is 6.42 Å². The van der Waals surface area contributed by atoms with Crippen LogP contribution in [0.4, 0.5) is 0 Å². The summed E-state index contributed by atoms with van der Waals surface area (Å²) >= 11 is 0. The largest absolute Gasteiger partial charge is 0.354 e. The van der Waals surface area contributed by atoms with Crippen LogP contribution in [0.25, 0.3) is 0 Å². The Labute approximate surface area is 96.0 Å². The molecule has 2 bridgehead atoms. The molecule has 0 aromatic rings. The van der Waals surface area contributed by atoms with Crippen LogP contribution in [0.1, 0.15) is 33.1 Å². The molecular weight excluding hydrogens is 204 g/mol. The molecule has 0 aliphatic heterocycles. The summed E-state index contributed by atoms with van der Waals surface area (Å²) in [4.78, 5) is 24.3. The molecule has 2 atom stereocenters. The Bertz CT molecular complexity index is 338. The molecule has 2 aliphatic rings. The van der Waals surface area contributed by atoms with Crippen molar-refractivity contribution < 1.29 is 9.59 Å². The van der Waals surface area contributed by atoms with Crippen LogP contribution >= 0.6 is 0 Å². The summed E-state index contributed by atoms with van der Waals surface area (Å²) in [5, 5.41) is 2.79. The van der Waals surface area contributed by atoms with Crippen LogP contribution in [0.2, 0.25) is 0 Å². The van der Waals surface area contributed by atoms with Crippen LogP contribution < -0.4 is 11.1 Å². The highest BCUT2D eigenvalue weighted by atomic mass is 16.2. The summed E-state index contributed by atoms with van der Waals surface area (Å²) in [6.07, 6.45) is 2.28. The van der Waals surface area contributed by atoms with Crippen molar-refractivity contribution in [2.75, 3.05) is 13.1 Å². The van der Waals surface area contributed by atoms with Crippen molar-refractivity contribution in [3.05, 3.63) is 0 Å². The summed E-state index contributed by atoms with van der Waals surface area (Å²) < 4.78 is 0. The maximum Gasteiger partial charge on any atom is 0.234 e. The zero-order valence-electron chi connectivity index (χ0n) is 10.0. The molecule has 2 aliphatic carbocycles. The van der Waals surface area contributed by atoms with Crippen LogP contribution in [0.15, 0.2) is 0 Å². The lowest BCUT2D eigenvalue weighted by Gasteiger charge is -2.34. The van der Waals surface area contributed by atoms with Gasteiger partial charge in [-0.05, 0) is 24.2 Å². The maximum absolute atomic E-state index is 12.2. The molecule has 90 valence electrons. The summed E-state index contributed by atoms with van der Waals surface area (Å²) in [5.74, 6) is 0.403. The molecule has 0 unspecified atom stereocenters. The molecule has 0 spiro atoms. The van der Waals surface area contributed by atoms with E-state index in [0.29, 0.717) is 31.8 Å². The first kappa shape index (κ1) is 11.6. The van der Waals surface area contributed by atoms with Gasteiger partial charge in [-0.2, -0.15) is 0 Å². The molecule has 16 heavy (non-hydrogen) atoms. The van der Waals surface area contributed by atoms with Crippen molar-refractivity contribution in [3.8, 4) is 0 Å². The van der Waals surface area contributed by atoms with Gasteiger partial charge in [-0.3, -0.25) is 9.59 Å². The van der Waals surface area contributed by atoms with Gasteiger partial charge in [0.25, 0.3) is 0 Å². The van der Waals surface area contributed by atoms with E-state index in [2.05, 4.69) is 19.2 Å². The van der Waals surface area contributed by atoms with Gasteiger partial charge in [0.05, 0.1) is 0 Å². The Kier molecular flexibility index (Phi) is 2.57. The lowest BCUT2D eigenvalue weighted by molar-refractivity contribution is -0.144. The Morgan fingerprint density at radius 1 is 1.56 bits per heavy atom. The molecule has 0 aromatic carbocycles. The van der Waals surface area contributed by atoms with E-state index in [1.807, 2.05) is 0 Å². The minimum absolute atomic E-state index is 0.104. The number of hydrogen-bond donors (Lipinski definition) is 2. The van der Waals surface area contributed by atoms with Crippen LogP contribution in [0, 0.1) is 16.7 Å². The predicted molar refractivity (Wildman–Crippen MR) is 60.6 cm³/mol. The van der Waals surface area contributed by atoms with E-state index in [1.54, 1.807) is 0 Å². The molecule has 0 radical (unpaired) electrons. The van der Waals surface area contributed by atoms with E-state index in [9.17, 15) is 9.59 Å². The van der Waals surface area contributed by atoms with E-state index < -0.39 is 5.41 Å². The van der Waals surface area contributed by atoms with Gasteiger partial charge < -0.3 is 11.1 Å². The van der Waals surface area contributed by atoms with Gasteiger partial charge in [0.1, 0.15) is 11.2 Å². The van der Waals surface area contributed by atoms with Crippen molar-refractivity contribution in [2.45, 2.75) is 33.1 Å². The lowest BCUT2D eigenvalue weighted by Crippen LogP contribution is -2.50. The third-order valence-corrected chi connectivity index (χ3v) is 4.71. The average molecular weight is 224 g/mol. The Hall–Kier alpha value is -0.900. The van der Waals surface area contributed by atoms with Crippen molar-refractivity contribution in [1.29, 1.82) is 0 Å². The quantitative estimate of drug-likeness (QED) is 0.684. The van der Waals surface area contributed by atoms with E-state index >= 15 is 0 Å². The van der Waals surface area contributed by atoms with Gasteiger partial charge in [-0.15, -0.1) is 0 Å². The van der Waals surface area contributed by atoms with Gasteiger partial charge in [0.2, 0.25) is 5.91 Å². The second kappa shape index (κ2) is 3.55. The first-order chi connectivity index (χ1) is 7.46. The number of amides is 1. The van der Waals surface area contributed by atoms with E-state index in [-0.39, 0.29) is 17.1 Å². The number of fused-ring (bicyclic) bond motifs is 2. The highest BCUT2D eigenvalue weighted by Crippen LogP contribution is 2.63. The zero-order valence-corrected chi connectivity index (χ0v) is 10.0. The highest BCUT2D eigenvalue weighted by Gasteiger charge is 2.67. The fraction of sp³-hybridized carbons (Fsp3) is 0.833. The topological polar surface area (TPSA) is 72.2 Å². The molecule has 2 fully saturated rings. The predicted octanol–water partition coefficient (Wildman–Crippen LogP) is 0.457. The summed E-state index contributed by atoms with van der Waals surface area (Å²) in [6.45, 7) is 4.98.